The fraction of sp³-hybridized carbons (Fsp3) is 0.417. The summed E-state index contributed by atoms with van der Waals surface area (Å²) in [5.74, 6) is 0.706. The number of carbonyl (C=O) groups excluding carboxylic acids is 1. The minimum Gasteiger partial charge on any atom is -0.292 e. The molecule has 82 valence electrons. The van der Waals surface area contributed by atoms with Crippen LogP contribution < -0.4 is 0 Å². The Kier molecular flexibility index (Phi) is 5.00. The van der Waals surface area contributed by atoms with Gasteiger partial charge in [0.05, 0.1) is 0 Å². The predicted octanol–water partition coefficient (Wildman–Crippen LogP) is 4.18. The number of rotatable bonds is 4. The van der Waals surface area contributed by atoms with Crippen LogP contribution in [0.5, 0.6) is 0 Å². The molecule has 0 radical (unpaired) electrons. The first-order chi connectivity index (χ1) is 7.00. The quantitative estimate of drug-likeness (QED) is 0.596. The van der Waals surface area contributed by atoms with Gasteiger partial charge in [-0.25, -0.2) is 0 Å². The average Bonchev–Trinajstić information content (AvgIpc) is 2.17. The first-order valence-corrected chi connectivity index (χ1v) is 6.75. The fourth-order valence-electron chi connectivity index (χ4n) is 1.40. The van der Waals surface area contributed by atoms with Gasteiger partial charge in [0, 0.05) is 5.56 Å². The van der Waals surface area contributed by atoms with Gasteiger partial charge in [0.1, 0.15) is 3.74 Å². The molecule has 1 aromatic carbocycles. The smallest absolute Gasteiger partial charge is 0.187 e. The van der Waals surface area contributed by atoms with Gasteiger partial charge in [-0.15, -0.1) is 0 Å². The molecule has 0 unspecified atom stereocenters. The second kappa shape index (κ2) is 5.80. The Labute approximate surface area is 108 Å². The average molecular weight is 334 g/mol. The summed E-state index contributed by atoms with van der Waals surface area (Å²) < 4.78 is -0.291. The summed E-state index contributed by atoms with van der Waals surface area (Å²) in [4.78, 5) is 11.6. The lowest BCUT2D eigenvalue weighted by atomic mass is 10.0. The molecule has 0 aliphatic heterocycles. The van der Waals surface area contributed by atoms with Crippen LogP contribution in [-0.4, -0.2) is 9.52 Å². The standard InChI is InChI=1S/C12H14Br2O/c1-8(2)7-9-3-5-10(6-4-9)11(15)12(13)14/h3-6,8,12H,7H2,1-2H3. The monoisotopic (exact) mass is 332 g/mol. The molecule has 0 heterocycles. The van der Waals surface area contributed by atoms with Crippen LogP contribution in [0.3, 0.4) is 0 Å². The van der Waals surface area contributed by atoms with Gasteiger partial charge in [0.25, 0.3) is 0 Å². The van der Waals surface area contributed by atoms with Crippen molar-refractivity contribution in [3.63, 3.8) is 0 Å². The van der Waals surface area contributed by atoms with Gasteiger partial charge in [0.2, 0.25) is 0 Å². The lowest BCUT2D eigenvalue weighted by molar-refractivity contribution is 0.101. The molecule has 0 atom stereocenters. The van der Waals surface area contributed by atoms with Gasteiger partial charge in [-0.2, -0.15) is 0 Å². The van der Waals surface area contributed by atoms with E-state index in [0.717, 1.165) is 12.0 Å². The molecule has 1 nitrogen and oxygen atoms in total. The van der Waals surface area contributed by atoms with E-state index in [4.69, 9.17) is 0 Å². The van der Waals surface area contributed by atoms with Crippen molar-refractivity contribution in [3.05, 3.63) is 35.4 Å². The zero-order chi connectivity index (χ0) is 11.4. The van der Waals surface area contributed by atoms with E-state index in [0.29, 0.717) is 5.92 Å². The summed E-state index contributed by atoms with van der Waals surface area (Å²) in [7, 11) is 0. The highest BCUT2D eigenvalue weighted by Crippen LogP contribution is 2.17. The summed E-state index contributed by atoms with van der Waals surface area (Å²) in [6.07, 6.45) is 1.06. The van der Waals surface area contributed by atoms with Gasteiger partial charge < -0.3 is 0 Å². The summed E-state index contributed by atoms with van der Waals surface area (Å²) in [6, 6.07) is 7.82. The molecular weight excluding hydrogens is 320 g/mol. The third-order valence-electron chi connectivity index (χ3n) is 2.08. The number of hydrogen-bond acceptors (Lipinski definition) is 1. The number of ketones is 1. The molecule has 0 amide bonds. The first kappa shape index (κ1) is 12.9. The molecule has 15 heavy (non-hydrogen) atoms. The van der Waals surface area contributed by atoms with E-state index in [2.05, 4.69) is 45.7 Å². The zero-order valence-electron chi connectivity index (χ0n) is 8.84. The van der Waals surface area contributed by atoms with Crippen molar-refractivity contribution in [3.8, 4) is 0 Å². The Bertz CT molecular complexity index is 328. The Morgan fingerprint density at radius 2 is 1.73 bits per heavy atom. The lowest BCUT2D eigenvalue weighted by Crippen LogP contribution is -2.07. The first-order valence-electron chi connectivity index (χ1n) is 4.92. The highest BCUT2D eigenvalue weighted by Gasteiger charge is 2.12. The van der Waals surface area contributed by atoms with E-state index in [1.165, 1.54) is 5.56 Å². The SMILES string of the molecule is CC(C)Cc1ccc(C(=O)C(Br)Br)cc1. The van der Waals surface area contributed by atoms with Crippen LogP contribution >= 0.6 is 31.9 Å². The van der Waals surface area contributed by atoms with Crippen molar-refractivity contribution in [1.29, 1.82) is 0 Å². The van der Waals surface area contributed by atoms with Crippen LogP contribution in [0.15, 0.2) is 24.3 Å². The molecule has 3 heteroatoms. The largest absolute Gasteiger partial charge is 0.292 e. The molecule has 0 fully saturated rings. The molecule has 0 aliphatic carbocycles. The fourth-order valence-corrected chi connectivity index (χ4v) is 1.93. The van der Waals surface area contributed by atoms with Crippen molar-refractivity contribution < 1.29 is 4.79 Å². The molecule has 0 aliphatic rings. The molecule has 0 aromatic heterocycles. The number of benzene rings is 1. The molecule has 0 spiro atoms. The Morgan fingerprint density at radius 1 is 1.20 bits per heavy atom. The van der Waals surface area contributed by atoms with Crippen LogP contribution in [0.4, 0.5) is 0 Å². The van der Waals surface area contributed by atoms with E-state index in [1.807, 2.05) is 24.3 Å². The predicted molar refractivity (Wildman–Crippen MR) is 71.0 cm³/mol. The molecular formula is C12H14Br2O. The Hall–Kier alpha value is -0.150. The summed E-state index contributed by atoms with van der Waals surface area (Å²) in [5, 5.41) is 0. The third-order valence-corrected chi connectivity index (χ3v) is 2.91. The second-order valence-corrected chi connectivity index (χ2v) is 7.02. The van der Waals surface area contributed by atoms with Gasteiger partial charge in [-0.3, -0.25) is 4.79 Å². The number of halogens is 2. The molecule has 0 bridgehead atoms. The van der Waals surface area contributed by atoms with Crippen molar-refractivity contribution in [2.24, 2.45) is 5.92 Å². The summed E-state index contributed by atoms with van der Waals surface area (Å²) in [5.41, 5.74) is 2.02. The van der Waals surface area contributed by atoms with Crippen LogP contribution in [-0.2, 0) is 6.42 Å². The normalized spacial score (nSPS) is 11.1. The summed E-state index contributed by atoms with van der Waals surface area (Å²) >= 11 is 6.40. The maximum absolute atomic E-state index is 11.6. The maximum atomic E-state index is 11.6. The van der Waals surface area contributed by atoms with Crippen molar-refractivity contribution in [2.75, 3.05) is 0 Å². The van der Waals surface area contributed by atoms with Gasteiger partial charge in [-0.1, -0.05) is 70.0 Å². The number of Topliss-reactive ketones (excluding diaryl/α,β-unsaturated/α-hetero) is 1. The van der Waals surface area contributed by atoms with E-state index in [-0.39, 0.29) is 9.52 Å². The summed E-state index contributed by atoms with van der Waals surface area (Å²) in [6.45, 7) is 4.37. The molecule has 0 N–H and O–H groups in total. The van der Waals surface area contributed by atoms with Crippen molar-refractivity contribution >= 4 is 37.6 Å². The van der Waals surface area contributed by atoms with Crippen molar-refractivity contribution in [1.82, 2.24) is 0 Å². The van der Waals surface area contributed by atoms with Crippen LogP contribution in [0.2, 0.25) is 0 Å². The van der Waals surface area contributed by atoms with Crippen molar-refractivity contribution in [2.45, 2.75) is 24.0 Å². The topological polar surface area (TPSA) is 17.1 Å². The Morgan fingerprint density at radius 3 is 2.13 bits per heavy atom. The van der Waals surface area contributed by atoms with E-state index in [9.17, 15) is 4.79 Å². The highest BCUT2D eigenvalue weighted by atomic mass is 79.9. The molecule has 0 saturated heterocycles. The van der Waals surface area contributed by atoms with E-state index >= 15 is 0 Å². The third kappa shape index (κ3) is 4.07. The minimum absolute atomic E-state index is 0.0612. The van der Waals surface area contributed by atoms with E-state index < -0.39 is 0 Å². The van der Waals surface area contributed by atoms with Gasteiger partial charge in [-0.05, 0) is 17.9 Å². The molecule has 0 saturated carbocycles. The minimum atomic E-state index is -0.291. The zero-order valence-corrected chi connectivity index (χ0v) is 12.0. The molecule has 1 rings (SSSR count). The van der Waals surface area contributed by atoms with Crippen LogP contribution in [0.1, 0.15) is 29.8 Å². The number of hydrogen-bond donors (Lipinski definition) is 0. The van der Waals surface area contributed by atoms with Gasteiger partial charge >= 0.3 is 0 Å². The molecule has 1 aromatic rings. The Balaban J connectivity index is 2.76. The number of carbonyl (C=O) groups is 1. The van der Waals surface area contributed by atoms with Gasteiger partial charge in [0.15, 0.2) is 5.78 Å². The highest BCUT2D eigenvalue weighted by molar-refractivity contribution is 9.25. The van der Waals surface area contributed by atoms with E-state index in [1.54, 1.807) is 0 Å². The number of alkyl halides is 2. The lowest BCUT2D eigenvalue weighted by Gasteiger charge is -2.06. The van der Waals surface area contributed by atoms with Crippen LogP contribution in [0.25, 0.3) is 0 Å². The maximum Gasteiger partial charge on any atom is 0.187 e. The van der Waals surface area contributed by atoms with Crippen LogP contribution in [0, 0.1) is 5.92 Å². The second-order valence-electron chi connectivity index (χ2n) is 3.96.